The minimum Gasteiger partial charge on any atom is -0.487 e. The standard InChI is InChI=1S/C44H56N4O4Si/c1-44(2,3)53(5,6)52-40(37-22-24-39(43-38(37)23-25-42(50)47-43)51-32-35-17-11-8-12-18-35)31-48(30-34-15-9-7-10-16-34)28-26-33-19-13-20-36(29-33)46-41(49)21-14-27-45-4/h7-13,15-20,22-25,29,40,45H,14,21,26-28,30-32H2,1-6H3,(H,46,49)(H,47,50). The van der Waals surface area contributed by atoms with Crippen molar-refractivity contribution in [3.63, 3.8) is 0 Å². The summed E-state index contributed by atoms with van der Waals surface area (Å²) in [7, 11) is -0.381. The Morgan fingerprint density at radius 1 is 0.868 bits per heavy atom. The van der Waals surface area contributed by atoms with Crippen LogP contribution in [0.2, 0.25) is 18.1 Å². The average Bonchev–Trinajstić information content (AvgIpc) is 3.13. The van der Waals surface area contributed by atoms with Gasteiger partial charge >= 0.3 is 0 Å². The van der Waals surface area contributed by atoms with Gasteiger partial charge in [0.05, 0.1) is 11.6 Å². The molecule has 0 radical (unpaired) electrons. The molecule has 8 nitrogen and oxygen atoms in total. The molecule has 1 atom stereocenters. The molecule has 0 fully saturated rings. The molecule has 4 aromatic carbocycles. The molecule has 0 aliphatic carbocycles. The fraction of sp³-hybridized carbons (Fsp3) is 0.364. The summed E-state index contributed by atoms with van der Waals surface area (Å²) in [5, 5.41) is 7.07. The molecule has 1 aromatic heterocycles. The predicted octanol–water partition coefficient (Wildman–Crippen LogP) is 8.85. The maximum absolute atomic E-state index is 12.7. The zero-order chi connectivity index (χ0) is 37.8. The summed E-state index contributed by atoms with van der Waals surface area (Å²) in [6.45, 7) is 14.7. The number of nitrogens with one attached hydrogen (secondary N) is 3. The molecule has 0 bridgehead atoms. The molecule has 5 rings (SSSR count). The first kappa shape index (κ1) is 39.7. The Balaban J connectivity index is 1.46. The van der Waals surface area contributed by atoms with Gasteiger partial charge < -0.3 is 24.8 Å². The molecule has 5 aromatic rings. The Labute approximate surface area is 316 Å². The lowest BCUT2D eigenvalue weighted by atomic mass is 10.0. The number of carbonyl (C=O) groups is 1. The van der Waals surface area contributed by atoms with E-state index in [-0.39, 0.29) is 22.6 Å². The van der Waals surface area contributed by atoms with Gasteiger partial charge in [-0.25, -0.2) is 0 Å². The zero-order valence-electron chi connectivity index (χ0n) is 32.2. The molecular weight excluding hydrogens is 677 g/mol. The maximum Gasteiger partial charge on any atom is 0.248 e. The summed E-state index contributed by atoms with van der Waals surface area (Å²) >= 11 is 0. The molecule has 0 saturated carbocycles. The molecule has 3 N–H and O–H groups in total. The Bertz CT molecular complexity index is 1980. The largest absolute Gasteiger partial charge is 0.487 e. The van der Waals surface area contributed by atoms with Crippen molar-refractivity contribution in [1.82, 2.24) is 15.2 Å². The maximum atomic E-state index is 12.7. The van der Waals surface area contributed by atoms with Crippen LogP contribution in [-0.2, 0) is 28.8 Å². The Morgan fingerprint density at radius 3 is 2.26 bits per heavy atom. The lowest BCUT2D eigenvalue weighted by Gasteiger charge is -2.41. The van der Waals surface area contributed by atoms with E-state index in [2.05, 4.69) is 96.8 Å². The van der Waals surface area contributed by atoms with Crippen LogP contribution >= 0.6 is 0 Å². The van der Waals surface area contributed by atoms with Gasteiger partial charge in [-0.2, -0.15) is 0 Å². The van der Waals surface area contributed by atoms with Crippen molar-refractivity contribution >= 4 is 30.8 Å². The number of anilines is 1. The number of nitrogens with zero attached hydrogens (tertiary/aromatic N) is 1. The highest BCUT2D eigenvalue weighted by atomic mass is 28.4. The van der Waals surface area contributed by atoms with E-state index < -0.39 is 8.32 Å². The third kappa shape index (κ3) is 11.5. The van der Waals surface area contributed by atoms with Crippen LogP contribution in [0.1, 0.15) is 62.0 Å². The first-order chi connectivity index (χ1) is 25.4. The van der Waals surface area contributed by atoms with Crippen molar-refractivity contribution in [2.24, 2.45) is 0 Å². The Hall–Kier alpha value is -4.54. The zero-order valence-corrected chi connectivity index (χ0v) is 33.2. The second kappa shape index (κ2) is 18.5. The number of rotatable bonds is 18. The normalized spacial score (nSPS) is 12.6. The molecule has 0 aliphatic rings. The fourth-order valence-electron chi connectivity index (χ4n) is 6.17. The van der Waals surface area contributed by atoms with Crippen LogP contribution in [0.5, 0.6) is 5.75 Å². The fourth-order valence-corrected chi connectivity index (χ4v) is 7.43. The summed E-state index contributed by atoms with van der Waals surface area (Å²) in [6.07, 6.45) is 1.79. The molecule has 53 heavy (non-hydrogen) atoms. The highest BCUT2D eigenvalue weighted by Crippen LogP contribution is 2.42. The average molecular weight is 733 g/mol. The van der Waals surface area contributed by atoms with Gasteiger partial charge in [0.15, 0.2) is 8.32 Å². The minimum absolute atomic E-state index is 0.0176. The van der Waals surface area contributed by atoms with E-state index in [9.17, 15) is 9.59 Å². The second-order valence-corrected chi connectivity index (χ2v) is 20.1. The summed E-state index contributed by atoms with van der Waals surface area (Å²) < 4.78 is 13.6. The van der Waals surface area contributed by atoms with E-state index in [1.807, 2.05) is 67.7 Å². The van der Waals surface area contributed by atoms with Gasteiger partial charge in [0, 0.05) is 43.2 Å². The van der Waals surface area contributed by atoms with E-state index in [4.69, 9.17) is 9.16 Å². The van der Waals surface area contributed by atoms with Crippen molar-refractivity contribution in [2.45, 2.75) is 77.4 Å². The SMILES string of the molecule is CNCCCC(=O)Nc1cccc(CCN(Cc2ccccc2)CC(O[Si](C)(C)C(C)(C)C)c2ccc(OCc3ccccc3)c3[nH]c(=O)ccc23)c1. The number of pyridine rings is 1. The third-order valence-corrected chi connectivity index (χ3v) is 14.6. The quantitative estimate of drug-likeness (QED) is 0.0616. The molecule has 0 saturated heterocycles. The monoisotopic (exact) mass is 732 g/mol. The van der Waals surface area contributed by atoms with Crippen molar-refractivity contribution in [3.8, 4) is 5.75 Å². The van der Waals surface area contributed by atoms with Gasteiger partial charge in [-0.3, -0.25) is 14.5 Å². The van der Waals surface area contributed by atoms with Gasteiger partial charge in [-0.15, -0.1) is 0 Å². The third-order valence-electron chi connectivity index (χ3n) is 10.1. The van der Waals surface area contributed by atoms with E-state index in [0.717, 1.165) is 60.2 Å². The van der Waals surface area contributed by atoms with Gasteiger partial charge in [0.2, 0.25) is 11.5 Å². The second-order valence-electron chi connectivity index (χ2n) is 15.3. The summed E-state index contributed by atoms with van der Waals surface area (Å²) in [5.74, 6) is 0.658. The smallest absolute Gasteiger partial charge is 0.248 e. The number of aromatic nitrogens is 1. The van der Waals surface area contributed by atoms with E-state index in [1.54, 1.807) is 6.07 Å². The number of hydrogen-bond donors (Lipinski definition) is 3. The van der Waals surface area contributed by atoms with E-state index >= 15 is 0 Å². The first-order valence-corrected chi connectivity index (χ1v) is 21.6. The van der Waals surface area contributed by atoms with Crippen LogP contribution in [0.15, 0.2) is 114 Å². The number of amides is 1. The lowest BCUT2D eigenvalue weighted by molar-refractivity contribution is -0.116. The number of carbonyl (C=O) groups excluding carboxylic acids is 1. The van der Waals surface area contributed by atoms with Gasteiger partial charge in [-0.05, 0) is 91.1 Å². The highest BCUT2D eigenvalue weighted by Gasteiger charge is 2.40. The number of benzene rings is 4. The van der Waals surface area contributed by atoms with Crippen LogP contribution in [0.3, 0.4) is 0 Å². The van der Waals surface area contributed by atoms with Gasteiger partial charge in [0.1, 0.15) is 12.4 Å². The summed E-state index contributed by atoms with van der Waals surface area (Å²) in [5.41, 5.74) is 5.77. The van der Waals surface area contributed by atoms with Crippen molar-refractivity contribution in [3.05, 3.63) is 142 Å². The molecule has 0 aliphatic heterocycles. The van der Waals surface area contributed by atoms with Crippen molar-refractivity contribution in [2.75, 3.05) is 32.0 Å². The minimum atomic E-state index is -2.28. The molecule has 0 spiro atoms. The molecule has 1 amide bonds. The van der Waals surface area contributed by atoms with Crippen LogP contribution in [0.25, 0.3) is 10.9 Å². The molecule has 9 heteroatoms. The van der Waals surface area contributed by atoms with Crippen LogP contribution in [-0.4, -0.2) is 50.8 Å². The number of aromatic amines is 1. The van der Waals surface area contributed by atoms with Gasteiger partial charge in [-0.1, -0.05) is 99.6 Å². The molecular formula is C44H56N4O4Si. The van der Waals surface area contributed by atoms with Gasteiger partial charge in [0.25, 0.3) is 0 Å². The Kier molecular flexibility index (Phi) is 13.8. The summed E-state index contributed by atoms with van der Waals surface area (Å²) in [4.78, 5) is 30.8. The summed E-state index contributed by atoms with van der Waals surface area (Å²) in [6, 6.07) is 36.3. The number of hydrogen-bond acceptors (Lipinski definition) is 6. The number of fused-ring (bicyclic) bond motifs is 1. The molecule has 280 valence electrons. The highest BCUT2D eigenvalue weighted by molar-refractivity contribution is 6.74. The van der Waals surface area contributed by atoms with Crippen LogP contribution in [0, 0.1) is 0 Å². The van der Waals surface area contributed by atoms with Crippen LogP contribution < -0.4 is 20.9 Å². The van der Waals surface area contributed by atoms with E-state index in [1.165, 1.54) is 5.56 Å². The topological polar surface area (TPSA) is 95.7 Å². The number of ether oxygens (including phenoxy) is 1. The molecule has 1 unspecified atom stereocenters. The van der Waals surface area contributed by atoms with Crippen molar-refractivity contribution in [1.29, 1.82) is 0 Å². The first-order valence-electron chi connectivity index (χ1n) is 18.7. The predicted molar refractivity (Wildman–Crippen MR) is 220 cm³/mol. The molecule has 1 heterocycles. The van der Waals surface area contributed by atoms with E-state index in [0.29, 0.717) is 30.8 Å². The number of H-pyrrole nitrogens is 1. The Morgan fingerprint density at radius 2 is 1.57 bits per heavy atom. The van der Waals surface area contributed by atoms with Crippen LogP contribution in [0.4, 0.5) is 5.69 Å². The van der Waals surface area contributed by atoms with Crippen molar-refractivity contribution < 1.29 is 14.0 Å². The lowest BCUT2D eigenvalue weighted by Crippen LogP contribution is -2.44.